The van der Waals surface area contributed by atoms with Crippen molar-refractivity contribution in [2.75, 3.05) is 0 Å². The molecule has 0 spiro atoms. The van der Waals surface area contributed by atoms with Crippen LogP contribution in [-0.2, 0) is 4.43 Å². The summed E-state index contributed by atoms with van der Waals surface area (Å²) in [4.78, 5) is 0. The van der Waals surface area contributed by atoms with Gasteiger partial charge in [-0.25, -0.2) is 0 Å². The first-order chi connectivity index (χ1) is 5.60. The van der Waals surface area contributed by atoms with Gasteiger partial charge in [-0.1, -0.05) is 0 Å². The van der Waals surface area contributed by atoms with Gasteiger partial charge in [0.1, 0.15) is 0 Å². The molecule has 0 bridgehead atoms. The van der Waals surface area contributed by atoms with Gasteiger partial charge in [0.2, 0.25) is 0 Å². The van der Waals surface area contributed by atoms with Crippen molar-refractivity contribution in [3.05, 3.63) is 0 Å². The average Bonchev–Trinajstić information content (AvgIpc) is 1.78. The van der Waals surface area contributed by atoms with E-state index in [-0.39, 0.29) is 6.10 Å². The Labute approximate surface area is 89.0 Å². The molecule has 0 aromatic rings. The molecule has 76 valence electrons. The second-order valence-electron chi connectivity index (χ2n) is 5.39. The minimum absolute atomic E-state index is 0.130. The van der Waals surface area contributed by atoms with E-state index in [9.17, 15) is 0 Å². The first kappa shape index (κ1) is 13.7. The van der Waals surface area contributed by atoms with Crippen LogP contribution >= 0.6 is 0 Å². The van der Waals surface area contributed by atoms with E-state index in [1.54, 1.807) is 0 Å². The second kappa shape index (κ2) is 4.94. The number of rotatable bonds is 2. The van der Waals surface area contributed by atoms with Crippen LogP contribution in [0.5, 0.6) is 0 Å². The Bertz CT molecular complexity index is 214. The summed E-state index contributed by atoms with van der Waals surface area (Å²) in [5.41, 5.74) is 0. The van der Waals surface area contributed by atoms with Crippen molar-refractivity contribution in [3.8, 4) is 9.40 Å². The molecule has 1 atom stereocenters. The van der Waals surface area contributed by atoms with Crippen LogP contribution in [0.3, 0.4) is 0 Å². The predicted octanol–water partition coefficient (Wildman–Crippen LogP) is 3.11. The molecule has 1 unspecified atom stereocenters. The van der Waals surface area contributed by atoms with Crippen molar-refractivity contribution in [2.24, 2.45) is 0 Å². The van der Waals surface area contributed by atoms with Gasteiger partial charge in [-0.2, -0.15) is 0 Å². The maximum absolute atomic E-state index is 5.83. The van der Waals surface area contributed by atoms with Crippen LogP contribution in [-0.4, -0.2) is 35.6 Å². The van der Waals surface area contributed by atoms with Crippen molar-refractivity contribution >= 4 is 29.5 Å². The summed E-state index contributed by atoms with van der Waals surface area (Å²) in [5, 5.41) is 0. The third-order valence-electron chi connectivity index (χ3n) is 1.18. The quantitative estimate of drug-likeness (QED) is 0.517. The summed E-state index contributed by atoms with van der Waals surface area (Å²) in [6.07, 6.45) is 0.130. The van der Waals surface area contributed by atoms with Gasteiger partial charge in [0.05, 0.1) is 0 Å². The van der Waals surface area contributed by atoms with Crippen LogP contribution < -0.4 is 0 Å². The third-order valence-corrected chi connectivity index (χ3v) is 5.72. The molecule has 0 rings (SSSR count). The van der Waals surface area contributed by atoms with Gasteiger partial charge >= 0.3 is 89.4 Å². The van der Waals surface area contributed by atoms with Crippen LogP contribution in [0.1, 0.15) is 6.92 Å². The monoisotopic (exact) mass is 394 g/mol. The molecule has 0 N–H and O–H groups in total. The Hall–Kier alpha value is 0.659. The molecule has 0 heterocycles. The maximum atomic E-state index is 5.83. The summed E-state index contributed by atoms with van der Waals surface area (Å²) < 4.78 is 16.3. The van der Waals surface area contributed by atoms with E-state index in [1.807, 2.05) is 0 Å². The van der Waals surface area contributed by atoms with Crippen molar-refractivity contribution < 1.29 is 4.43 Å². The zero-order valence-electron chi connectivity index (χ0n) is 9.99. The molecule has 0 radical (unpaired) electrons. The fourth-order valence-electron chi connectivity index (χ4n) is 0.878. The molecule has 0 fully saturated rings. The molecular formula is C10H22OPbSi. The molecule has 0 aliphatic heterocycles. The fourth-order valence-corrected chi connectivity index (χ4v) is 4.47. The van der Waals surface area contributed by atoms with Crippen LogP contribution in [0.4, 0.5) is 0 Å². The minimum atomic E-state index is -2.00. The Morgan fingerprint density at radius 1 is 1.15 bits per heavy atom. The summed E-state index contributed by atoms with van der Waals surface area (Å²) in [6.45, 7) is 8.66. The second-order valence-corrected chi connectivity index (χ2v) is 28.3. The molecule has 0 amide bonds. The van der Waals surface area contributed by atoms with Crippen LogP contribution in [0.25, 0.3) is 0 Å². The van der Waals surface area contributed by atoms with Crippen LogP contribution in [0, 0.1) is 9.40 Å². The zero-order chi connectivity index (χ0) is 10.7. The molecule has 0 aromatic heterocycles. The first-order valence-electron chi connectivity index (χ1n) is 4.81. The van der Waals surface area contributed by atoms with Crippen molar-refractivity contribution in [3.63, 3.8) is 0 Å². The van der Waals surface area contributed by atoms with Gasteiger partial charge < -0.3 is 0 Å². The van der Waals surface area contributed by atoms with E-state index in [1.165, 1.54) is 0 Å². The molecule has 0 saturated carbocycles. The molecule has 1 nitrogen and oxygen atoms in total. The normalized spacial score (nSPS) is 14.7. The third kappa shape index (κ3) is 10.6. The van der Waals surface area contributed by atoms with E-state index >= 15 is 0 Å². The molecule has 0 saturated heterocycles. The van der Waals surface area contributed by atoms with E-state index in [4.69, 9.17) is 4.43 Å². The van der Waals surface area contributed by atoms with Crippen molar-refractivity contribution in [2.45, 2.75) is 46.1 Å². The predicted molar refractivity (Wildman–Crippen MR) is 65.0 cm³/mol. The molecule has 0 aliphatic carbocycles. The van der Waals surface area contributed by atoms with Crippen molar-refractivity contribution in [1.29, 1.82) is 0 Å². The van der Waals surface area contributed by atoms with Gasteiger partial charge in [-0.05, 0) is 0 Å². The van der Waals surface area contributed by atoms with E-state index < -0.39 is 29.5 Å². The summed E-state index contributed by atoms with van der Waals surface area (Å²) in [7, 11) is -1.39. The fraction of sp³-hybridized carbons (Fsp3) is 0.800. The Morgan fingerprint density at radius 3 is 1.92 bits per heavy atom. The summed E-state index contributed by atoms with van der Waals surface area (Å²) in [5.74, 6) is 3.24. The van der Waals surface area contributed by atoms with E-state index in [0.29, 0.717) is 0 Å². The SMILES string of the molecule is CC(C#[C][Pb]([CH3])([CH3])[CH3])O[Si](C)(C)C. The van der Waals surface area contributed by atoms with Gasteiger partial charge in [-0.15, -0.1) is 0 Å². The number of hydrogen-bond donors (Lipinski definition) is 0. The topological polar surface area (TPSA) is 9.23 Å². The van der Waals surface area contributed by atoms with Gasteiger partial charge in [0.15, 0.2) is 0 Å². The standard InChI is InChI=1S/C7H13OSi.3CH3.Pb/c1-6-7(2)8-9(3,4)5;;;;/h7H,2-5H3;3*1H3;. The average molecular weight is 394 g/mol. The van der Waals surface area contributed by atoms with Crippen molar-refractivity contribution in [1.82, 2.24) is 0 Å². The Kier molecular flexibility index (Phi) is 5.19. The van der Waals surface area contributed by atoms with E-state index in [0.717, 1.165) is 0 Å². The summed E-state index contributed by atoms with van der Waals surface area (Å²) >= 11 is -2.00. The first-order valence-corrected chi connectivity index (χ1v) is 21.8. The molecule has 3 heteroatoms. The molecular weight excluding hydrogens is 371 g/mol. The zero-order valence-corrected chi connectivity index (χ0v) is 14.9. The van der Waals surface area contributed by atoms with Gasteiger partial charge in [-0.3, -0.25) is 0 Å². The number of hydrogen-bond acceptors (Lipinski definition) is 1. The molecule has 13 heavy (non-hydrogen) atoms. The Balaban J connectivity index is 4.14. The van der Waals surface area contributed by atoms with Crippen LogP contribution in [0.2, 0.25) is 33.1 Å². The molecule has 0 aliphatic rings. The summed E-state index contributed by atoms with van der Waals surface area (Å²) in [6, 6.07) is 0. The van der Waals surface area contributed by atoms with E-state index in [2.05, 4.69) is 49.4 Å². The van der Waals surface area contributed by atoms with Gasteiger partial charge in [0, 0.05) is 0 Å². The van der Waals surface area contributed by atoms with Crippen LogP contribution in [0.15, 0.2) is 0 Å². The molecule has 0 aromatic carbocycles. The van der Waals surface area contributed by atoms with Gasteiger partial charge in [0.25, 0.3) is 0 Å². The Morgan fingerprint density at radius 2 is 1.62 bits per heavy atom.